The van der Waals surface area contributed by atoms with E-state index in [4.69, 9.17) is 0 Å². The predicted octanol–water partition coefficient (Wildman–Crippen LogP) is 2.74. The Hall–Kier alpha value is -0.0800. The molecule has 0 aromatic heterocycles. The zero-order valence-corrected chi connectivity index (χ0v) is 11.9. The Kier molecular flexibility index (Phi) is 4.87. The molecule has 2 heteroatoms. The molecule has 2 unspecified atom stereocenters. The standard InChI is InChI=1S/C15H30N2/c1-12-4-6-14(7-5-12)10-16-15-8-9-17(3)11-13(15)2/h12-16H,4-11H2,1-3H3. The van der Waals surface area contributed by atoms with Crippen molar-refractivity contribution in [3.8, 4) is 0 Å². The summed E-state index contributed by atoms with van der Waals surface area (Å²) in [6, 6.07) is 0.769. The summed E-state index contributed by atoms with van der Waals surface area (Å²) in [4.78, 5) is 2.46. The van der Waals surface area contributed by atoms with Crippen molar-refractivity contribution in [1.29, 1.82) is 0 Å². The lowest BCUT2D eigenvalue weighted by molar-refractivity contribution is 0.165. The third-order valence-electron chi connectivity index (χ3n) is 4.91. The first-order chi connectivity index (χ1) is 8.15. The van der Waals surface area contributed by atoms with Crippen LogP contribution in [0.15, 0.2) is 0 Å². The average Bonchev–Trinajstić information content (AvgIpc) is 2.30. The first kappa shape index (κ1) is 13.4. The molecule has 2 fully saturated rings. The molecule has 1 aliphatic heterocycles. The number of likely N-dealkylation sites (tertiary alicyclic amines) is 1. The minimum absolute atomic E-state index is 0.769. The normalized spacial score (nSPS) is 40.4. The molecule has 0 bridgehead atoms. The lowest BCUT2D eigenvalue weighted by atomic mass is 9.82. The van der Waals surface area contributed by atoms with E-state index in [0.717, 1.165) is 23.8 Å². The van der Waals surface area contributed by atoms with Gasteiger partial charge < -0.3 is 10.2 Å². The Morgan fingerprint density at radius 1 is 1.06 bits per heavy atom. The fourth-order valence-corrected chi connectivity index (χ4v) is 3.51. The van der Waals surface area contributed by atoms with Gasteiger partial charge in [0, 0.05) is 12.6 Å². The molecule has 2 rings (SSSR count). The molecule has 1 heterocycles. The highest BCUT2D eigenvalue weighted by Gasteiger charge is 2.25. The van der Waals surface area contributed by atoms with Gasteiger partial charge >= 0.3 is 0 Å². The van der Waals surface area contributed by atoms with Crippen molar-refractivity contribution in [1.82, 2.24) is 10.2 Å². The maximum Gasteiger partial charge on any atom is 0.0117 e. The van der Waals surface area contributed by atoms with E-state index < -0.39 is 0 Å². The Labute approximate surface area is 107 Å². The molecular formula is C15H30N2. The van der Waals surface area contributed by atoms with Crippen LogP contribution in [0.3, 0.4) is 0 Å². The molecule has 1 aliphatic carbocycles. The minimum atomic E-state index is 0.769. The number of nitrogens with one attached hydrogen (secondary N) is 1. The highest BCUT2D eigenvalue weighted by Crippen LogP contribution is 2.28. The van der Waals surface area contributed by atoms with E-state index in [1.54, 1.807) is 0 Å². The average molecular weight is 238 g/mol. The largest absolute Gasteiger partial charge is 0.313 e. The summed E-state index contributed by atoms with van der Waals surface area (Å²) < 4.78 is 0. The molecule has 1 N–H and O–H groups in total. The van der Waals surface area contributed by atoms with E-state index in [0.29, 0.717) is 0 Å². The SMILES string of the molecule is CC1CCC(CNC2CCN(C)CC2C)CC1. The van der Waals surface area contributed by atoms with Gasteiger partial charge in [-0.15, -0.1) is 0 Å². The second kappa shape index (κ2) is 6.19. The first-order valence-electron chi connectivity index (χ1n) is 7.57. The monoisotopic (exact) mass is 238 g/mol. The summed E-state index contributed by atoms with van der Waals surface area (Å²) in [5.74, 6) is 2.75. The van der Waals surface area contributed by atoms with Crippen molar-refractivity contribution in [3.63, 3.8) is 0 Å². The van der Waals surface area contributed by atoms with E-state index in [1.165, 1.54) is 51.7 Å². The summed E-state index contributed by atoms with van der Waals surface area (Å²) in [5, 5.41) is 3.85. The summed E-state index contributed by atoms with van der Waals surface area (Å²) in [6.45, 7) is 8.60. The van der Waals surface area contributed by atoms with Crippen LogP contribution in [0.5, 0.6) is 0 Å². The maximum atomic E-state index is 3.85. The maximum absolute atomic E-state index is 3.85. The van der Waals surface area contributed by atoms with Gasteiger partial charge in [0.05, 0.1) is 0 Å². The molecule has 100 valence electrons. The van der Waals surface area contributed by atoms with Crippen molar-refractivity contribution in [3.05, 3.63) is 0 Å². The molecule has 0 radical (unpaired) electrons. The van der Waals surface area contributed by atoms with Gasteiger partial charge in [0.15, 0.2) is 0 Å². The third-order valence-corrected chi connectivity index (χ3v) is 4.91. The number of hydrogen-bond donors (Lipinski definition) is 1. The van der Waals surface area contributed by atoms with E-state index in [-0.39, 0.29) is 0 Å². The Balaban J connectivity index is 1.67. The zero-order valence-electron chi connectivity index (χ0n) is 11.9. The van der Waals surface area contributed by atoms with Gasteiger partial charge in [-0.25, -0.2) is 0 Å². The molecule has 0 aromatic rings. The Morgan fingerprint density at radius 2 is 1.76 bits per heavy atom. The molecule has 1 saturated heterocycles. The van der Waals surface area contributed by atoms with Crippen LogP contribution >= 0.6 is 0 Å². The van der Waals surface area contributed by atoms with Gasteiger partial charge in [-0.2, -0.15) is 0 Å². The van der Waals surface area contributed by atoms with E-state index in [1.807, 2.05) is 0 Å². The van der Waals surface area contributed by atoms with E-state index in [9.17, 15) is 0 Å². The van der Waals surface area contributed by atoms with Gasteiger partial charge in [-0.1, -0.05) is 26.7 Å². The quantitative estimate of drug-likeness (QED) is 0.813. The highest BCUT2D eigenvalue weighted by atomic mass is 15.1. The number of hydrogen-bond acceptors (Lipinski definition) is 2. The smallest absolute Gasteiger partial charge is 0.0117 e. The second-order valence-corrected chi connectivity index (χ2v) is 6.67. The Morgan fingerprint density at radius 3 is 2.41 bits per heavy atom. The van der Waals surface area contributed by atoms with Crippen molar-refractivity contribution < 1.29 is 0 Å². The van der Waals surface area contributed by atoms with Crippen LogP contribution in [0.2, 0.25) is 0 Å². The molecule has 0 spiro atoms. The summed E-state index contributed by atoms with van der Waals surface area (Å²) >= 11 is 0. The van der Waals surface area contributed by atoms with Crippen molar-refractivity contribution in [2.24, 2.45) is 17.8 Å². The molecule has 2 aliphatic rings. The fourth-order valence-electron chi connectivity index (χ4n) is 3.51. The number of nitrogens with zero attached hydrogens (tertiary/aromatic N) is 1. The molecule has 1 saturated carbocycles. The van der Waals surface area contributed by atoms with Crippen LogP contribution in [0.1, 0.15) is 46.0 Å². The van der Waals surface area contributed by atoms with Crippen LogP contribution < -0.4 is 5.32 Å². The van der Waals surface area contributed by atoms with Crippen molar-refractivity contribution in [2.75, 3.05) is 26.7 Å². The van der Waals surface area contributed by atoms with E-state index >= 15 is 0 Å². The summed E-state index contributed by atoms with van der Waals surface area (Å²) in [5.41, 5.74) is 0. The predicted molar refractivity (Wildman–Crippen MR) is 74.2 cm³/mol. The fraction of sp³-hybridized carbons (Fsp3) is 1.00. The van der Waals surface area contributed by atoms with Gasteiger partial charge in [0.1, 0.15) is 0 Å². The molecular weight excluding hydrogens is 208 g/mol. The van der Waals surface area contributed by atoms with Gasteiger partial charge in [0.25, 0.3) is 0 Å². The first-order valence-corrected chi connectivity index (χ1v) is 7.57. The molecule has 17 heavy (non-hydrogen) atoms. The van der Waals surface area contributed by atoms with Gasteiger partial charge in [-0.3, -0.25) is 0 Å². The minimum Gasteiger partial charge on any atom is -0.313 e. The molecule has 2 atom stereocenters. The van der Waals surface area contributed by atoms with Gasteiger partial charge in [-0.05, 0) is 57.2 Å². The highest BCUT2D eigenvalue weighted by molar-refractivity contribution is 4.83. The zero-order chi connectivity index (χ0) is 12.3. The van der Waals surface area contributed by atoms with Crippen molar-refractivity contribution >= 4 is 0 Å². The topological polar surface area (TPSA) is 15.3 Å². The van der Waals surface area contributed by atoms with Gasteiger partial charge in [0.2, 0.25) is 0 Å². The van der Waals surface area contributed by atoms with Crippen LogP contribution in [-0.4, -0.2) is 37.6 Å². The van der Waals surface area contributed by atoms with Crippen LogP contribution in [-0.2, 0) is 0 Å². The number of rotatable bonds is 3. The Bertz CT molecular complexity index is 221. The summed E-state index contributed by atoms with van der Waals surface area (Å²) in [6.07, 6.45) is 7.15. The lowest BCUT2D eigenvalue weighted by Crippen LogP contribution is -2.48. The third kappa shape index (κ3) is 3.96. The molecule has 0 aromatic carbocycles. The van der Waals surface area contributed by atoms with E-state index in [2.05, 4.69) is 31.1 Å². The van der Waals surface area contributed by atoms with Crippen molar-refractivity contribution in [2.45, 2.75) is 52.0 Å². The van der Waals surface area contributed by atoms with Crippen LogP contribution in [0.4, 0.5) is 0 Å². The molecule has 2 nitrogen and oxygen atoms in total. The second-order valence-electron chi connectivity index (χ2n) is 6.67. The number of piperidine rings is 1. The molecule has 0 amide bonds. The van der Waals surface area contributed by atoms with Crippen LogP contribution in [0.25, 0.3) is 0 Å². The summed E-state index contributed by atoms with van der Waals surface area (Å²) in [7, 11) is 2.25. The lowest BCUT2D eigenvalue weighted by Gasteiger charge is -2.37. The van der Waals surface area contributed by atoms with Crippen LogP contribution in [0, 0.1) is 17.8 Å².